The normalized spacial score (nSPS) is 11.4. The standard InChI is InChI=1S/C13H17BrO2/c1-4-10(9-14)8-11-6-5-7-12(15-2)13(11)16-3/h5-8H,4,9H2,1-3H3. The summed E-state index contributed by atoms with van der Waals surface area (Å²) in [7, 11) is 3.31. The zero-order chi connectivity index (χ0) is 12.0. The molecule has 0 atom stereocenters. The van der Waals surface area contributed by atoms with Crippen LogP contribution in [0.1, 0.15) is 18.9 Å². The molecule has 0 aliphatic heterocycles. The Hall–Kier alpha value is -0.960. The van der Waals surface area contributed by atoms with Crippen molar-refractivity contribution in [1.82, 2.24) is 0 Å². The van der Waals surface area contributed by atoms with Gasteiger partial charge in [0.05, 0.1) is 14.2 Å². The van der Waals surface area contributed by atoms with E-state index in [-0.39, 0.29) is 0 Å². The molecule has 1 aromatic rings. The van der Waals surface area contributed by atoms with Crippen molar-refractivity contribution in [3.8, 4) is 11.5 Å². The molecule has 0 fully saturated rings. The van der Waals surface area contributed by atoms with Gasteiger partial charge in [0.15, 0.2) is 11.5 Å². The Kier molecular flexibility index (Phi) is 5.39. The molecular weight excluding hydrogens is 268 g/mol. The second-order valence-corrected chi connectivity index (χ2v) is 3.93. The van der Waals surface area contributed by atoms with Crippen molar-refractivity contribution in [3.05, 3.63) is 29.3 Å². The summed E-state index contributed by atoms with van der Waals surface area (Å²) >= 11 is 3.48. The van der Waals surface area contributed by atoms with Gasteiger partial charge in [0.1, 0.15) is 0 Å². The minimum atomic E-state index is 0.765. The van der Waals surface area contributed by atoms with Crippen molar-refractivity contribution < 1.29 is 9.47 Å². The highest BCUT2D eigenvalue weighted by Gasteiger charge is 2.07. The first-order valence-corrected chi connectivity index (χ1v) is 6.35. The summed E-state index contributed by atoms with van der Waals surface area (Å²) in [6.45, 7) is 2.14. The number of hydrogen-bond donors (Lipinski definition) is 0. The number of allylic oxidation sites excluding steroid dienone is 1. The van der Waals surface area contributed by atoms with Gasteiger partial charge < -0.3 is 9.47 Å². The molecule has 0 radical (unpaired) electrons. The van der Waals surface area contributed by atoms with E-state index in [1.807, 2.05) is 18.2 Å². The molecule has 0 aliphatic carbocycles. The number of para-hydroxylation sites is 1. The highest BCUT2D eigenvalue weighted by molar-refractivity contribution is 9.09. The van der Waals surface area contributed by atoms with E-state index in [0.29, 0.717) is 0 Å². The Bertz CT molecular complexity index is 366. The summed E-state index contributed by atoms with van der Waals surface area (Å²) in [5, 5.41) is 0.879. The SMILES string of the molecule is CCC(=Cc1cccc(OC)c1OC)CBr. The van der Waals surface area contributed by atoms with Crippen LogP contribution in [-0.2, 0) is 0 Å². The summed E-state index contributed by atoms with van der Waals surface area (Å²) in [5.41, 5.74) is 2.38. The second-order valence-electron chi connectivity index (χ2n) is 3.37. The van der Waals surface area contributed by atoms with Gasteiger partial charge in [0.2, 0.25) is 0 Å². The van der Waals surface area contributed by atoms with Crippen molar-refractivity contribution in [1.29, 1.82) is 0 Å². The van der Waals surface area contributed by atoms with Gasteiger partial charge in [0, 0.05) is 10.9 Å². The smallest absolute Gasteiger partial charge is 0.167 e. The number of rotatable bonds is 5. The van der Waals surface area contributed by atoms with E-state index >= 15 is 0 Å². The van der Waals surface area contributed by atoms with E-state index in [9.17, 15) is 0 Å². The molecule has 0 amide bonds. The molecule has 3 heteroatoms. The molecule has 1 aromatic carbocycles. The molecule has 0 saturated carbocycles. The van der Waals surface area contributed by atoms with Crippen LogP contribution in [0.25, 0.3) is 6.08 Å². The van der Waals surface area contributed by atoms with E-state index in [1.165, 1.54) is 5.57 Å². The first kappa shape index (κ1) is 13.1. The van der Waals surface area contributed by atoms with E-state index in [1.54, 1.807) is 14.2 Å². The van der Waals surface area contributed by atoms with Crippen LogP contribution in [0, 0.1) is 0 Å². The number of methoxy groups -OCH3 is 2. The van der Waals surface area contributed by atoms with E-state index in [2.05, 4.69) is 28.9 Å². The van der Waals surface area contributed by atoms with Gasteiger partial charge in [-0.1, -0.05) is 46.6 Å². The molecule has 88 valence electrons. The quantitative estimate of drug-likeness (QED) is 0.764. The molecule has 0 unspecified atom stereocenters. The molecular formula is C13H17BrO2. The molecule has 0 saturated heterocycles. The van der Waals surface area contributed by atoms with Crippen molar-refractivity contribution in [3.63, 3.8) is 0 Å². The number of benzene rings is 1. The van der Waals surface area contributed by atoms with Gasteiger partial charge in [-0.3, -0.25) is 0 Å². The van der Waals surface area contributed by atoms with Gasteiger partial charge >= 0.3 is 0 Å². The van der Waals surface area contributed by atoms with Crippen molar-refractivity contribution in [2.24, 2.45) is 0 Å². The number of alkyl halides is 1. The monoisotopic (exact) mass is 284 g/mol. The van der Waals surface area contributed by atoms with Crippen LogP contribution >= 0.6 is 15.9 Å². The van der Waals surface area contributed by atoms with Gasteiger partial charge in [-0.05, 0) is 12.5 Å². The van der Waals surface area contributed by atoms with Crippen molar-refractivity contribution >= 4 is 22.0 Å². The minimum Gasteiger partial charge on any atom is -0.493 e. The predicted octanol–water partition coefficient (Wildman–Crippen LogP) is 3.89. The molecule has 16 heavy (non-hydrogen) atoms. The zero-order valence-corrected chi connectivity index (χ0v) is 11.5. The van der Waals surface area contributed by atoms with Crippen LogP contribution in [0.4, 0.5) is 0 Å². The van der Waals surface area contributed by atoms with Crippen LogP contribution in [0.5, 0.6) is 11.5 Å². The summed E-state index contributed by atoms with van der Waals surface area (Å²) in [5.74, 6) is 1.55. The Morgan fingerprint density at radius 3 is 2.56 bits per heavy atom. The molecule has 0 N–H and O–H groups in total. The predicted molar refractivity (Wildman–Crippen MR) is 71.6 cm³/mol. The fourth-order valence-corrected chi connectivity index (χ4v) is 2.04. The summed E-state index contributed by atoms with van der Waals surface area (Å²) in [6.07, 6.45) is 3.15. The van der Waals surface area contributed by atoms with Crippen LogP contribution < -0.4 is 9.47 Å². The maximum Gasteiger partial charge on any atom is 0.167 e. The fourth-order valence-electron chi connectivity index (χ4n) is 1.48. The molecule has 0 heterocycles. The Morgan fingerprint density at radius 2 is 2.06 bits per heavy atom. The number of halogens is 1. The maximum absolute atomic E-state index is 5.37. The molecule has 0 aromatic heterocycles. The molecule has 0 aliphatic rings. The molecule has 0 bridgehead atoms. The topological polar surface area (TPSA) is 18.5 Å². The Morgan fingerprint density at radius 1 is 1.31 bits per heavy atom. The van der Waals surface area contributed by atoms with E-state index in [0.717, 1.165) is 28.8 Å². The highest BCUT2D eigenvalue weighted by Crippen LogP contribution is 2.32. The molecule has 1 rings (SSSR count). The van der Waals surface area contributed by atoms with Gasteiger partial charge in [-0.15, -0.1) is 0 Å². The highest BCUT2D eigenvalue weighted by atomic mass is 79.9. The fraction of sp³-hybridized carbons (Fsp3) is 0.385. The van der Waals surface area contributed by atoms with Crippen LogP contribution in [0.2, 0.25) is 0 Å². The van der Waals surface area contributed by atoms with Crippen molar-refractivity contribution in [2.45, 2.75) is 13.3 Å². The third kappa shape index (κ3) is 3.01. The zero-order valence-electron chi connectivity index (χ0n) is 9.92. The van der Waals surface area contributed by atoms with Gasteiger partial charge in [-0.25, -0.2) is 0 Å². The van der Waals surface area contributed by atoms with Crippen LogP contribution in [0.3, 0.4) is 0 Å². The first-order chi connectivity index (χ1) is 7.76. The first-order valence-electron chi connectivity index (χ1n) is 5.23. The minimum absolute atomic E-state index is 0.765. The lowest BCUT2D eigenvalue weighted by atomic mass is 10.1. The Labute approximate surface area is 105 Å². The third-order valence-electron chi connectivity index (χ3n) is 2.42. The summed E-state index contributed by atoms with van der Waals surface area (Å²) in [4.78, 5) is 0. The van der Waals surface area contributed by atoms with E-state index < -0.39 is 0 Å². The lowest BCUT2D eigenvalue weighted by molar-refractivity contribution is 0.354. The lowest BCUT2D eigenvalue weighted by Crippen LogP contribution is -1.93. The largest absolute Gasteiger partial charge is 0.493 e. The summed E-state index contributed by atoms with van der Waals surface area (Å²) in [6, 6.07) is 5.89. The molecule has 2 nitrogen and oxygen atoms in total. The van der Waals surface area contributed by atoms with Gasteiger partial charge in [0.25, 0.3) is 0 Å². The second kappa shape index (κ2) is 6.59. The average Bonchev–Trinajstić information content (AvgIpc) is 2.35. The maximum atomic E-state index is 5.37. The van der Waals surface area contributed by atoms with Crippen molar-refractivity contribution in [2.75, 3.05) is 19.5 Å². The molecule has 0 spiro atoms. The lowest BCUT2D eigenvalue weighted by Gasteiger charge is -2.11. The summed E-state index contributed by atoms with van der Waals surface area (Å²) < 4.78 is 10.6. The Balaban J connectivity index is 3.17. The van der Waals surface area contributed by atoms with Gasteiger partial charge in [-0.2, -0.15) is 0 Å². The van der Waals surface area contributed by atoms with Crippen LogP contribution in [0.15, 0.2) is 23.8 Å². The number of hydrogen-bond acceptors (Lipinski definition) is 2. The number of ether oxygens (including phenoxy) is 2. The average molecular weight is 285 g/mol. The third-order valence-corrected chi connectivity index (χ3v) is 3.14. The van der Waals surface area contributed by atoms with Crippen LogP contribution in [-0.4, -0.2) is 19.5 Å². The van der Waals surface area contributed by atoms with E-state index in [4.69, 9.17) is 9.47 Å².